The zero-order valence-corrected chi connectivity index (χ0v) is 35.5. The van der Waals surface area contributed by atoms with E-state index in [9.17, 15) is 24.9 Å². The van der Waals surface area contributed by atoms with Crippen LogP contribution in [0.5, 0.6) is 34.5 Å². The Morgan fingerprint density at radius 1 is 1.05 bits per heavy atom. The molecule has 5 heterocycles. The van der Waals surface area contributed by atoms with Crippen LogP contribution in [-0.2, 0) is 32.7 Å². The van der Waals surface area contributed by atoms with Crippen LogP contribution in [0.25, 0.3) is 10.9 Å². The number of phenols is 1. The number of ether oxygens (including phenoxy) is 6. The highest BCUT2D eigenvalue weighted by Gasteiger charge is 2.55. The van der Waals surface area contributed by atoms with Gasteiger partial charge in [-0.05, 0) is 82.4 Å². The molecule has 0 fully saturated rings. The second-order valence-corrected chi connectivity index (χ2v) is 17.1. The van der Waals surface area contributed by atoms with E-state index in [-0.39, 0.29) is 32.2 Å². The first kappa shape index (κ1) is 41.0. The molecule has 316 valence electrons. The fourth-order valence-electron chi connectivity index (χ4n) is 10.0. The van der Waals surface area contributed by atoms with E-state index in [0.29, 0.717) is 68.7 Å². The molecule has 0 saturated heterocycles. The summed E-state index contributed by atoms with van der Waals surface area (Å²) in [5.74, 6) is 0.947. The van der Waals surface area contributed by atoms with Crippen molar-refractivity contribution in [2.75, 3.05) is 54.6 Å². The average molecular weight is 833 g/mol. The Kier molecular flexibility index (Phi) is 10.7. The largest absolute Gasteiger partial charge is 0.504 e. The van der Waals surface area contributed by atoms with E-state index in [1.165, 1.54) is 25.8 Å². The smallest absolute Gasteiger partial charge is 0.332 e. The summed E-state index contributed by atoms with van der Waals surface area (Å²) in [6.45, 7) is 6.15. The van der Waals surface area contributed by atoms with Gasteiger partial charge in [-0.1, -0.05) is 6.07 Å². The number of aromatic amines is 1. The van der Waals surface area contributed by atoms with Gasteiger partial charge in [-0.2, -0.15) is 11.8 Å². The van der Waals surface area contributed by atoms with Gasteiger partial charge in [0, 0.05) is 58.6 Å². The number of nitrogens with zero attached hydrogens (tertiary/aromatic N) is 2. The molecule has 1 aromatic heterocycles. The highest BCUT2D eigenvalue weighted by molar-refractivity contribution is 7.98. The molecular formula is C43H52N4O11S. The van der Waals surface area contributed by atoms with Gasteiger partial charge in [-0.3, -0.25) is 15.0 Å². The van der Waals surface area contributed by atoms with E-state index >= 15 is 0 Å². The number of H-pyrrole nitrogens is 1. The quantitative estimate of drug-likeness (QED) is 0.118. The molecule has 0 radical (unpaired) electrons. The molecule has 3 aromatic carbocycles. The number of hydrogen-bond acceptors (Lipinski definition) is 15. The summed E-state index contributed by atoms with van der Waals surface area (Å²) in [6, 6.07) is 5.07. The van der Waals surface area contributed by atoms with Crippen LogP contribution in [0, 0.1) is 13.8 Å². The Hall–Kier alpha value is -4.71. The predicted octanol–water partition coefficient (Wildman–Crippen LogP) is 4.43. The number of fused-ring (bicyclic) bond motifs is 8. The van der Waals surface area contributed by atoms with Crippen molar-refractivity contribution >= 4 is 34.6 Å². The minimum atomic E-state index is -1.43. The Morgan fingerprint density at radius 3 is 2.46 bits per heavy atom. The molecule has 7 atom stereocenters. The molecule has 0 bridgehead atoms. The summed E-state index contributed by atoms with van der Waals surface area (Å²) in [5, 5.41) is 38.8. The molecular weight excluding hydrogens is 781 g/mol. The zero-order chi connectivity index (χ0) is 42.2. The van der Waals surface area contributed by atoms with Crippen LogP contribution in [0.3, 0.4) is 0 Å². The number of phenolic OH excluding ortho intramolecular Hbond substituents is 1. The first-order valence-corrected chi connectivity index (χ1v) is 20.9. The number of aromatic hydroxyl groups is 1. The van der Waals surface area contributed by atoms with Crippen LogP contribution >= 0.6 is 11.8 Å². The first-order valence-electron chi connectivity index (χ1n) is 19.6. The van der Waals surface area contributed by atoms with Gasteiger partial charge in [0.1, 0.15) is 24.3 Å². The Morgan fingerprint density at radius 2 is 1.80 bits per heavy atom. The number of thioether (sulfide) groups is 1. The van der Waals surface area contributed by atoms with Crippen LogP contribution in [0.2, 0.25) is 0 Å². The summed E-state index contributed by atoms with van der Waals surface area (Å²) in [6.07, 6.45) is 1.38. The molecule has 4 aliphatic heterocycles. The third kappa shape index (κ3) is 6.38. The SMILES string of the molecule is COc1ccc2[nH]c3c(c2c1)C[C@H](CO)N[C@@]3(C)C(=O)OC[C@H]1c2c3c(c(C)c(OC(C)=O)c2[C@@H](SC)[C@H]2[C@@H](N(C)C)c4c(cc(C)c(OC)c4O)C[C@H](O)N21)OCO3. The van der Waals surface area contributed by atoms with E-state index in [2.05, 4.69) is 10.3 Å². The third-order valence-corrected chi connectivity index (χ3v) is 13.5. The number of methoxy groups -OCH3 is 2. The Labute approximate surface area is 346 Å². The van der Waals surface area contributed by atoms with Gasteiger partial charge in [0.05, 0.1) is 43.9 Å². The number of hydrogen-bond donors (Lipinski definition) is 5. The van der Waals surface area contributed by atoms with Gasteiger partial charge < -0.3 is 53.6 Å². The van der Waals surface area contributed by atoms with Crippen LogP contribution < -0.4 is 29.0 Å². The molecule has 5 N–H and O–H groups in total. The normalized spacial score (nSPS) is 25.8. The number of rotatable bonds is 9. The molecule has 15 nitrogen and oxygen atoms in total. The summed E-state index contributed by atoms with van der Waals surface area (Å²) in [5.41, 5.74) is 4.69. The molecule has 0 spiro atoms. The molecule has 0 saturated carbocycles. The fraction of sp³-hybridized carbons (Fsp3) is 0.488. The monoisotopic (exact) mass is 832 g/mol. The first-order chi connectivity index (χ1) is 28.2. The van der Waals surface area contributed by atoms with Crippen molar-refractivity contribution in [3.05, 3.63) is 68.9 Å². The van der Waals surface area contributed by atoms with Crippen LogP contribution in [0.15, 0.2) is 24.3 Å². The summed E-state index contributed by atoms with van der Waals surface area (Å²) >= 11 is 1.51. The van der Waals surface area contributed by atoms with Crippen molar-refractivity contribution in [3.8, 4) is 34.5 Å². The van der Waals surface area contributed by atoms with Gasteiger partial charge >= 0.3 is 11.9 Å². The summed E-state index contributed by atoms with van der Waals surface area (Å²) < 4.78 is 36.0. The second kappa shape index (κ2) is 15.4. The summed E-state index contributed by atoms with van der Waals surface area (Å²) in [7, 11) is 6.94. The van der Waals surface area contributed by atoms with Gasteiger partial charge in [0.2, 0.25) is 6.79 Å². The number of aliphatic hydroxyl groups is 2. The van der Waals surface area contributed by atoms with E-state index in [0.717, 1.165) is 22.0 Å². The molecule has 59 heavy (non-hydrogen) atoms. The van der Waals surface area contributed by atoms with E-state index in [1.54, 1.807) is 14.0 Å². The van der Waals surface area contributed by atoms with Crippen LogP contribution in [0.1, 0.15) is 75.8 Å². The van der Waals surface area contributed by atoms with Crippen molar-refractivity contribution in [2.45, 2.75) is 81.7 Å². The maximum atomic E-state index is 14.9. The van der Waals surface area contributed by atoms with Crippen molar-refractivity contribution in [1.29, 1.82) is 0 Å². The minimum Gasteiger partial charge on any atom is -0.504 e. The number of benzene rings is 3. The number of esters is 2. The minimum absolute atomic E-state index is 0.0209. The topological polar surface area (TPSA) is 185 Å². The lowest BCUT2D eigenvalue weighted by Gasteiger charge is -2.51. The van der Waals surface area contributed by atoms with Crippen LogP contribution in [-0.4, -0.2) is 115 Å². The third-order valence-electron chi connectivity index (χ3n) is 12.5. The van der Waals surface area contributed by atoms with E-state index in [4.69, 9.17) is 28.4 Å². The number of likely N-dealkylation sites (N-methyl/N-ethyl adjacent to an activating group) is 1. The lowest BCUT2D eigenvalue weighted by molar-refractivity contribution is -0.159. The summed E-state index contributed by atoms with van der Waals surface area (Å²) in [4.78, 5) is 35.1. The Balaban J connectivity index is 1.31. The molecule has 0 aliphatic carbocycles. The van der Waals surface area contributed by atoms with Gasteiger partial charge in [0.15, 0.2) is 28.5 Å². The average Bonchev–Trinajstić information content (AvgIpc) is 3.82. The van der Waals surface area contributed by atoms with Crippen molar-refractivity contribution in [2.24, 2.45) is 0 Å². The molecule has 8 rings (SSSR count). The predicted molar refractivity (Wildman–Crippen MR) is 220 cm³/mol. The maximum Gasteiger partial charge on any atom is 0.332 e. The molecule has 0 amide bonds. The number of carbonyl (C=O) groups is 2. The molecule has 16 heteroatoms. The van der Waals surface area contributed by atoms with Crippen molar-refractivity contribution < 1.29 is 53.3 Å². The fourth-order valence-corrected chi connectivity index (χ4v) is 11.1. The highest BCUT2D eigenvalue weighted by Crippen LogP contribution is 2.62. The maximum absolute atomic E-state index is 14.9. The number of nitrogens with one attached hydrogen (secondary N) is 2. The second-order valence-electron chi connectivity index (χ2n) is 16.1. The van der Waals surface area contributed by atoms with Crippen molar-refractivity contribution in [3.63, 3.8) is 0 Å². The lowest BCUT2D eigenvalue weighted by Crippen LogP contribution is -2.58. The van der Waals surface area contributed by atoms with E-state index in [1.807, 2.05) is 68.3 Å². The van der Waals surface area contributed by atoms with E-state index < -0.39 is 53.1 Å². The molecule has 4 aromatic rings. The molecule has 4 aliphatic rings. The number of aliphatic hydroxyl groups excluding tert-OH is 2. The number of carbonyl (C=O) groups excluding carboxylic acids is 2. The zero-order valence-electron chi connectivity index (χ0n) is 34.7. The Bertz CT molecular complexity index is 2350. The lowest BCUT2D eigenvalue weighted by atomic mass is 9.80. The van der Waals surface area contributed by atoms with Gasteiger partial charge in [0.25, 0.3) is 0 Å². The van der Waals surface area contributed by atoms with Crippen molar-refractivity contribution in [1.82, 2.24) is 20.1 Å². The number of aryl methyl sites for hydroxylation is 1. The van der Waals surface area contributed by atoms with Gasteiger partial charge in [-0.15, -0.1) is 0 Å². The standard InChI is InChI=1S/C43H52N4O11S/c1-19-12-22-13-29(50)47-28(17-55-42(52)43(4)41-26(14-23(16-48)45-43)25-15-24(53-7)10-11-27(25)44-41)31-32(37(58-21(3)49)20(2)38-39(31)57-18-56-38)40(59-9)34(47)33(46(5)6)30(22)35(51)36(19)54-8/h10-12,15,23,28-29,33-34,40,44-45,48,50-51H,13-14,16-18H2,1-9H3/t23-,28+,29+,33+,34-,40-,43-/m1/s1. The van der Waals surface area contributed by atoms with Gasteiger partial charge in [-0.25, -0.2) is 4.79 Å². The molecule has 0 unspecified atom stereocenters. The number of aromatic nitrogens is 1. The highest BCUT2D eigenvalue weighted by atomic mass is 32.2. The van der Waals surface area contributed by atoms with Crippen LogP contribution in [0.4, 0.5) is 0 Å².